The Kier molecular flexibility index (Phi) is 5.63. The molecular formula is C19H15F2N5O3. The lowest BCUT2D eigenvalue weighted by Crippen LogP contribution is -2.23. The Morgan fingerprint density at radius 1 is 0.897 bits per heavy atom. The van der Waals surface area contributed by atoms with Gasteiger partial charge in [0.25, 0.3) is 17.7 Å². The number of carbonyl (C=O) groups excluding carboxylic acids is 3. The zero-order chi connectivity index (χ0) is 21.0. The van der Waals surface area contributed by atoms with Gasteiger partial charge >= 0.3 is 0 Å². The molecule has 0 atom stereocenters. The lowest BCUT2D eigenvalue weighted by molar-refractivity contribution is 0.0943. The predicted octanol–water partition coefficient (Wildman–Crippen LogP) is 2.55. The van der Waals surface area contributed by atoms with Gasteiger partial charge in [0.15, 0.2) is 5.69 Å². The topological polar surface area (TPSA) is 116 Å². The van der Waals surface area contributed by atoms with Crippen LogP contribution in [0.4, 0.5) is 20.2 Å². The molecule has 1 aromatic heterocycles. The number of hydrogen-bond acceptors (Lipinski definition) is 4. The second-order valence-electron chi connectivity index (χ2n) is 5.82. The summed E-state index contributed by atoms with van der Waals surface area (Å²) in [6.07, 6.45) is 1.23. The zero-order valence-corrected chi connectivity index (χ0v) is 15.0. The molecule has 0 saturated carbocycles. The number of amides is 3. The fourth-order valence-electron chi connectivity index (χ4n) is 2.46. The molecule has 0 saturated heterocycles. The summed E-state index contributed by atoms with van der Waals surface area (Å²) in [4.78, 5) is 42.5. The van der Waals surface area contributed by atoms with Gasteiger partial charge in [-0.2, -0.15) is 0 Å². The summed E-state index contributed by atoms with van der Waals surface area (Å²) in [5.74, 6) is -3.49. The van der Waals surface area contributed by atoms with E-state index in [2.05, 4.69) is 25.9 Å². The highest BCUT2D eigenvalue weighted by molar-refractivity contribution is 6.10. The molecule has 2 aromatic carbocycles. The largest absolute Gasteiger partial charge is 0.354 e. The SMILES string of the molecule is CNC(=O)c1nc[nH]c1C(=O)Nc1ccc(NC(=O)c2cc(F)ccc2F)cc1. The Bertz CT molecular complexity index is 1080. The Labute approximate surface area is 163 Å². The monoisotopic (exact) mass is 399 g/mol. The number of carbonyl (C=O) groups is 3. The maximum absolute atomic E-state index is 13.7. The minimum Gasteiger partial charge on any atom is -0.354 e. The molecule has 0 aliphatic rings. The summed E-state index contributed by atoms with van der Waals surface area (Å²) >= 11 is 0. The summed E-state index contributed by atoms with van der Waals surface area (Å²) in [6, 6.07) is 8.50. The molecule has 4 N–H and O–H groups in total. The molecule has 0 aliphatic heterocycles. The van der Waals surface area contributed by atoms with Crippen LogP contribution < -0.4 is 16.0 Å². The van der Waals surface area contributed by atoms with Crippen molar-refractivity contribution in [2.75, 3.05) is 17.7 Å². The van der Waals surface area contributed by atoms with Gasteiger partial charge in [-0.3, -0.25) is 14.4 Å². The molecule has 0 fully saturated rings. The van der Waals surface area contributed by atoms with Gasteiger partial charge in [-0.25, -0.2) is 13.8 Å². The lowest BCUT2D eigenvalue weighted by atomic mass is 10.2. The van der Waals surface area contributed by atoms with Crippen molar-refractivity contribution >= 4 is 29.1 Å². The van der Waals surface area contributed by atoms with Crippen molar-refractivity contribution in [3.63, 3.8) is 0 Å². The number of imidazole rings is 1. The van der Waals surface area contributed by atoms with E-state index in [1.54, 1.807) is 0 Å². The average molecular weight is 399 g/mol. The third-order valence-electron chi connectivity index (χ3n) is 3.88. The molecule has 8 nitrogen and oxygen atoms in total. The van der Waals surface area contributed by atoms with Crippen LogP contribution in [0.3, 0.4) is 0 Å². The number of nitrogens with one attached hydrogen (secondary N) is 4. The van der Waals surface area contributed by atoms with Gasteiger partial charge in [0.05, 0.1) is 11.9 Å². The smallest absolute Gasteiger partial charge is 0.274 e. The van der Waals surface area contributed by atoms with Crippen molar-refractivity contribution in [3.05, 3.63) is 77.4 Å². The van der Waals surface area contributed by atoms with Crippen molar-refractivity contribution in [1.82, 2.24) is 15.3 Å². The Balaban J connectivity index is 1.68. The first-order valence-electron chi connectivity index (χ1n) is 8.32. The number of rotatable bonds is 5. The highest BCUT2D eigenvalue weighted by atomic mass is 19.1. The van der Waals surface area contributed by atoms with Crippen molar-refractivity contribution < 1.29 is 23.2 Å². The van der Waals surface area contributed by atoms with Crippen molar-refractivity contribution in [2.45, 2.75) is 0 Å². The van der Waals surface area contributed by atoms with E-state index in [1.807, 2.05) is 0 Å². The second kappa shape index (κ2) is 8.30. The standard InChI is InChI=1S/C19H15F2N5O3/c1-22-18(28)15-16(24-9-23-15)19(29)26-12-5-3-11(4-6-12)25-17(27)13-8-10(20)2-7-14(13)21/h2-9H,1H3,(H,22,28)(H,23,24)(H,25,27)(H,26,29). The molecule has 0 bridgehead atoms. The summed E-state index contributed by atoms with van der Waals surface area (Å²) in [6.45, 7) is 0. The molecule has 3 aromatic rings. The van der Waals surface area contributed by atoms with Crippen LogP contribution in [0.1, 0.15) is 31.3 Å². The van der Waals surface area contributed by atoms with Crippen LogP contribution in [-0.2, 0) is 0 Å². The Hall–Kier alpha value is -4.08. The number of anilines is 2. The number of aromatic nitrogens is 2. The number of nitrogens with zero attached hydrogens (tertiary/aromatic N) is 1. The molecule has 10 heteroatoms. The van der Waals surface area contributed by atoms with Gasteiger partial charge in [-0.1, -0.05) is 0 Å². The molecule has 0 unspecified atom stereocenters. The molecule has 3 amide bonds. The van der Waals surface area contributed by atoms with Crippen molar-refractivity contribution in [1.29, 1.82) is 0 Å². The number of hydrogen-bond donors (Lipinski definition) is 4. The van der Waals surface area contributed by atoms with Crippen molar-refractivity contribution in [3.8, 4) is 0 Å². The third-order valence-corrected chi connectivity index (χ3v) is 3.88. The van der Waals surface area contributed by atoms with E-state index in [9.17, 15) is 23.2 Å². The second-order valence-corrected chi connectivity index (χ2v) is 5.82. The lowest BCUT2D eigenvalue weighted by Gasteiger charge is -2.09. The van der Waals surface area contributed by atoms with Crippen LogP contribution in [0.15, 0.2) is 48.8 Å². The summed E-state index contributed by atoms with van der Waals surface area (Å²) in [5, 5.41) is 7.40. The maximum atomic E-state index is 13.7. The van der Waals surface area contributed by atoms with Crippen LogP contribution >= 0.6 is 0 Å². The van der Waals surface area contributed by atoms with Gasteiger partial charge in [0, 0.05) is 18.4 Å². The number of H-pyrrole nitrogens is 1. The molecule has 0 spiro atoms. The minimum absolute atomic E-state index is 0.0108. The van der Waals surface area contributed by atoms with Gasteiger partial charge in [0.2, 0.25) is 0 Å². The molecule has 0 aliphatic carbocycles. The number of halogens is 2. The molecule has 1 heterocycles. The van der Waals surface area contributed by atoms with E-state index < -0.39 is 34.9 Å². The summed E-state index contributed by atoms with van der Waals surface area (Å²) in [5.41, 5.74) is 0.198. The van der Waals surface area contributed by atoms with Crippen LogP contribution in [-0.4, -0.2) is 34.7 Å². The van der Waals surface area contributed by atoms with E-state index >= 15 is 0 Å². The summed E-state index contributed by atoms with van der Waals surface area (Å²) in [7, 11) is 1.42. The summed E-state index contributed by atoms with van der Waals surface area (Å²) < 4.78 is 26.9. The quantitative estimate of drug-likeness (QED) is 0.528. The van der Waals surface area contributed by atoms with Gasteiger partial charge in [-0.05, 0) is 42.5 Å². The molecule has 0 radical (unpaired) electrons. The highest BCUT2D eigenvalue weighted by Crippen LogP contribution is 2.17. The maximum Gasteiger partial charge on any atom is 0.274 e. The first-order chi connectivity index (χ1) is 13.9. The van der Waals surface area contributed by atoms with Crippen LogP contribution in [0.25, 0.3) is 0 Å². The molecule has 3 rings (SSSR count). The normalized spacial score (nSPS) is 10.3. The fourth-order valence-corrected chi connectivity index (χ4v) is 2.46. The number of aromatic amines is 1. The van der Waals surface area contributed by atoms with Crippen LogP contribution in [0, 0.1) is 11.6 Å². The molecule has 148 valence electrons. The highest BCUT2D eigenvalue weighted by Gasteiger charge is 2.19. The number of benzene rings is 2. The van der Waals surface area contributed by atoms with E-state index in [4.69, 9.17) is 0 Å². The predicted molar refractivity (Wildman–Crippen MR) is 101 cm³/mol. The van der Waals surface area contributed by atoms with Gasteiger partial charge < -0.3 is 20.9 Å². The third kappa shape index (κ3) is 4.43. The van der Waals surface area contributed by atoms with E-state index in [0.29, 0.717) is 11.4 Å². The van der Waals surface area contributed by atoms with Gasteiger partial charge in [-0.15, -0.1) is 0 Å². The molecular weight excluding hydrogens is 384 g/mol. The van der Waals surface area contributed by atoms with E-state index in [1.165, 1.54) is 37.6 Å². The minimum atomic E-state index is -0.848. The zero-order valence-electron chi connectivity index (χ0n) is 15.0. The van der Waals surface area contributed by atoms with Crippen molar-refractivity contribution in [2.24, 2.45) is 0 Å². The van der Waals surface area contributed by atoms with Crippen LogP contribution in [0.5, 0.6) is 0 Å². The van der Waals surface area contributed by atoms with E-state index in [0.717, 1.165) is 18.2 Å². The first kappa shape index (κ1) is 19.7. The molecule has 29 heavy (non-hydrogen) atoms. The Morgan fingerprint density at radius 3 is 2.14 bits per heavy atom. The van der Waals surface area contributed by atoms with E-state index in [-0.39, 0.29) is 11.4 Å². The fraction of sp³-hybridized carbons (Fsp3) is 0.0526. The Morgan fingerprint density at radius 2 is 1.52 bits per heavy atom. The average Bonchev–Trinajstić information content (AvgIpc) is 3.20. The first-order valence-corrected chi connectivity index (χ1v) is 8.32. The van der Waals surface area contributed by atoms with Crippen LogP contribution in [0.2, 0.25) is 0 Å². The van der Waals surface area contributed by atoms with Gasteiger partial charge in [0.1, 0.15) is 17.3 Å².